The lowest BCUT2D eigenvalue weighted by Gasteiger charge is -2.21. The van der Waals surface area contributed by atoms with E-state index in [4.69, 9.17) is 11.6 Å². The Labute approximate surface area is 166 Å². The summed E-state index contributed by atoms with van der Waals surface area (Å²) in [5, 5.41) is 2.52. The molecule has 0 aliphatic carbocycles. The summed E-state index contributed by atoms with van der Waals surface area (Å²) in [5.41, 5.74) is 1.59. The average molecular weight is 398 g/mol. The van der Waals surface area contributed by atoms with Gasteiger partial charge >= 0.3 is 0 Å². The first-order chi connectivity index (χ1) is 13.5. The van der Waals surface area contributed by atoms with Gasteiger partial charge in [-0.2, -0.15) is 0 Å². The molecule has 3 rings (SSSR count). The Morgan fingerprint density at radius 3 is 2.46 bits per heavy atom. The Kier molecular flexibility index (Phi) is 6.01. The van der Waals surface area contributed by atoms with Crippen molar-refractivity contribution in [3.63, 3.8) is 0 Å². The van der Waals surface area contributed by atoms with E-state index in [1.165, 1.54) is 30.6 Å². The van der Waals surface area contributed by atoms with Crippen molar-refractivity contribution in [2.24, 2.45) is 0 Å². The molecule has 5 nitrogen and oxygen atoms in total. The Bertz CT molecular complexity index is 1010. The first-order valence-corrected chi connectivity index (χ1v) is 8.95. The molecule has 142 valence electrons. The van der Waals surface area contributed by atoms with Crippen LogP contribution in [0.15, 0.2) is 67.0 Å². The van der Waals surface area contributed by atoms with E-state index in [2.05, 4.69) is 10.3 Å². The van der Waals surface area contributed by atoms with Gasteiger partial charge in [0.1, 0.15) is 5.82 Å². The number of carbonyl (C=O) groups excluding carboxylic acids is 2. The second-order valence-electron chi connectivity index (χ2n) is 5.93. The molecule has 0 saturated carbocycles. The molecule has 0 radical (unpaired) electrons. The monoisotopic (exact) mass is 397 g/mol. The summed E-state index contributed by atoms with van der Waals surface area (Å²) in [6, 6.07) is 14.6. The van der Waals surface area contributed by atoms with Gasteiger partial charge < -0.3 is 10.2 Å². The number of hydrogen-bond donors (Lipinski definition) is 1. The molecule has 1 aromatic heterocycles. The second kappa shape index (κ2) is 8.63. The lowest BCUT2D eigenvalue weighted by molar-refractivity contribution is 0.0988. The van der Waals surface area contributed by atoms with Crippen molar-refractivity contribution in [1.29, 1.82) is 0 Å². The van der Waals surface area contributed by atoms with Gasteiger partial charge in [-0.25, -0.2) is 4.39 Å². The number of nitrogens with one attached hydrogen (secondary N) is 1. The van der Waals surface area contributed by atoms with Gasteiger partial charge in [-0.05, 0) is 43.3 Å². The summed E-state index contributed by atoms with van der Waals surface area (Å²) >= 11 is 5.73. The van der Waals surface area contributed by atoms with E-state index in [1.54, 1.807) is 4.90 Å². The summed E-state index contributed by atoms with van der Waals surface area (Å²) in [6.45, 7) is 2.33. The summed E-state index contributed by atoms with van der Waals surface area (Å²) in [7, 11) is 0. The molecule has 0 aliphatic heterocycles. The molecule has 7 heteroatoms. The highest BCUT2D eigenvalue weighted by atomic mass is 35.5. The van der Waals surface area contributed by atoms with Gasteiger partial charge in [-0.1, -0.05) is 29.8 Å². The Balaban J connectivity index is 1.81. The van der Waals surface area contributed by atoms with Gasteiger partial charge in [0.05, 0.1) is 16.1 Å². The molecular weight excluding hydrogens is 381 g/mol. The zero-order chi connectivity index (χ0) is 20.1. The Morgan fingerprint density at radius 2 is 1.79 bits per heavy atom. The van der Waals surface area contributed by atoms with E-state index in [-0.39, 0.29) is 22.1 Å². The lowest BCUT2D eigenvalue weighted by Crippen LogP contribution is -2.31. The Hall–Kier alpha value is -3.25. The van der Waals surface area contributed by atoms with Crippen LogP contribution in [-0.2, 0) is 0 Å². The molecule has 1 heterocycles. The number of pyridine rings is 1. The molecule has 0 fully saturated rings. The number of para-hydroxylation sites is 1. The predicted octanol–water partition coefficient (Wildman–Crippen LogP) is 4.79. The van der Waals surface area contributed by atoms with Crippen molar-refractivity contribution in [3.8, 4) is 0 Å². The van der Waals surface area contributed by atoms with Crippen LogP contribution in [-0.4, -0.2) is 23.3 Å². The molecule has 0 aliphatic rings. The average Bonchev–Trinajstić information content (AvgIpc) is 2.72. The van der Waals surface area contributed by atoms with Crippen LogP contribution < -0.4 is 10.2 Å². The van der Waals surface area contributed by atoms with Gasteiger partial charge in [0.15, 0.2) is 0 Å². The molecule has 0 atom stereocenters. The smallest absolute Gasteiger partial charge is 0.259 e. The van der Waals surface area contributed by atoms with E-state index in [0.29, 0.717) is 12.2 Å². The fourth-order valence-electron chi connectivity index (χ4n) is 2.67. The van der Waals surface area contributed by atoms with Crippen LogP contribution in [0.4, 0.5) is 15.8 Å². The number of rotatable bonds is 5. The molecule has 2 amide bonds. The van der Waals surface area contributed by atoms with Gasteiger partial charge in [-0.15, -0.1) is 0 Å². The lowest BCUT2D eigenvalue weighted by atomic mass is 10.1. The predicted molar refractivity (Wildman–Crippen MR) is 107 cm³/mol. The first kappa shape index (κ1) is 19.5. The third kappa shape index (κ3) is 4.35. The van der Waals surface area contributed by atoms with E-state index < -0.39 is 11.7 Å². The molecule has 2 aromatic carbocycles. The maximum Gasteiger partial charge on any atom is 0.259 e. The van der Waals surface area contributed by atoms with Crippen molar-refractivity contribution in [2.75, 3.05) is 16.8 Å². The summed E-state index contributed by atoms with van der Waals surface area (Å²) < 4.78 is 13.3. The van der Waals surface area contributed by atoms with E-state index in [1.807, 2.05) is 37.3 Å². The second-order valence-corrected chi connectivity index (χ2v) is 6.34. The maximum absolute atomic E-state index is 13.3. The fourth-order valence-corrected chi connectivity index (χ4v) is 2.85. The standard InChI is InChI=1S/C21H17ClFN3O2/c1-2-26(17-6-4-3-5-7-17)21(28)15-10-14(12-24-13-15)20(27)25-16-8-9-19(23)18(22)11-16/h3-13H,2H2,1H3,(H,25,27). The SMILES string of the molecule is CCN(C(=O)c1cncc(C(=O)Nc2ccc(F)c(Cl)c2)c1)c1ccccc1. The van der Waals surface area contributed by atoms with Gasteiger partial charge in [0.2, 0.25) is 0 Å². The minimum Gasteiger partial charge on any atom is -0.322 e. The summed E-state index contributed by atoms with van der Waals surface area (Å²) in [5.74, 6) is -1.32. The zero-order valence-electron chi connectivity index (χ0n) is 15.0. The highest BCUT2D eigenvalue weighted by molar-refractivity contribution is 6.31. The van der Waals surface area contributed by atoms with E-state index in [0.717, 1.165) is 11.8 Å². The van der Waals surface area contributed by atoms with Crippen LogP contribution in [0.5, 0.6) is 0 Å². The maximum atomic E-state index is 13.3. The minimum absolute atomic E-state index is 0.0960. The summed E-state index contributed by atoms with van der Waals surface area (Å²) in [4.78, 5) is 31.0. The van der Waals surface area contributed by atoms with Crippen LogP contribution in [0, 0.1) is 5.82 Å². The number of halogens is 2. The van der Waals surface area contributed by atoms with Crippen LogP contribution in [0.25, 0.3) is 0 Å². The van der Waals surface area contributed by atoms with Crippen molar-refractivity contribution in [1.82, 2.24) is 4.98 Å². The number of anilines is 2. The quantitative estimate of drug-likeness (QED) is 0.673. The van der Waals surface area contributed by atoms with Crippen LogP contribution in [0.1, 0.15) is 27.6 Å². The molecule has 28 heavy (non-hydrogen) atoms. The molecule has 0 bridgehead atoms. The first-order valence-electron chi connectivity index (χ1n) is 8.58. The van der Waals surface area contributed by atoms with Crippen molar-refractivity contribution in [2.45, 2.75) is 6.92 Å². The largest absolute Gasteiger partial charge is 0.322 e. The van der Waals surface area contributed by atoms with Crippen molar-refractivity contribution < 1.29 is 14.0 Å². The van der Waals surface area contributed by atoms with Gasteiger partial charge in [0, 0.05) is 30.3 Å². The summed E-state index contributed by atoms with van der Waals surface area (Å²) in [6.07, 6.45) is 2.77. The number of nitrogens with zero attached hydrogens (tertiary/aromatic N) is 2. The number of carbonyl (C=O) groups is 2. The highest BCUT2D eigenvalue weighted by Crippen LogP contribution is 2.20. The molecular formula is C21H17ClFN3O2. The number of benzene rings is 2. The number of aromatic nitrogens is 1. The zero-order valence-corrected chi connectivity index (χ0v) is 15.8. The van der Waals surface area contributed by atoms with E-state index in [9.17, 15) is 14.0 Å². The number of hydrogen-bond acceptors (Lipinski definition) is 3. The van der Waals surface area contributed by atoms with Gasteiger partial charge in [0.25, 0.3) is 11.8 Å². The molecule has 0 spiro atoms. The minimum atomic E-state index is -0.575. The van der Waals surface area contributed by atoms with Crippen LogP contribution in [0.2, 0.25) is 5.02 Å². The third-order valence-corrected chi connectivity index (χ3v) is 4.34. The third-order valence-electron chi connectivity index (χ3n) is 4.05. The van der Waals surface area contributed by atoms with Crippen molar-refractivity contribution >= 4 is 34.8 Å². The van der Waals surface area contributed by atoms with Crippen LogP contribution in [0.3, 0.4) is 0 Å². The van der Waals surface area contributed by atoms with Crippen LogP contribution >= 0.6 is 11.6 Å². The highest BCUT2D eigenvalue weighted by Gasteiger charge is 2.18. The number of amides is 2. The fraction of sp³-hybridized carbons (Fsp3) is 0.0952. The molecule has 3 aromatic rings. The topological polar surface area (TPSA) is 62.3 Å². The normalized spacial score (nSPS) is 10.4. The van der Waals surface area contributed by atoms with Gasteiger partial charge in [-0.3, -0.25) is 14.6 Å². The molecule has 0 unspecified atom stereocenters. The molecule has 0 saturated heterocycles. The molecule has 1 N–H and O–H groups in total. The van der Waals surface area contributed by atoms with Crippen molar-refractivity contribution in [3.05, 3.63) is 89.0 Å². The Morgan fingerprint density at radius 1 is 1.07 bits per heavy atom. The van der Waals surface area contributed by atoms with E-state index >= 15 is 0 Å².